The van der Waals surface area contributed by atoms with Crippen molar-refractivity contribution in [3.63, 3.8) is 0 Å². The molecule has 0 spiro atoms. The Labute approximate surface area is 90.5 Å². The third-order valence-corrected chi connectivity index (χ3v) is 2.49. The zero-order valence-electron chi connectivity index (χ0n) is 7.88. The van der Waals surface area contributed by atoms with Gasteiger partial charge in [-0.15, -0.1) is 0 Å². The number of hydrogen-bond acceptors (Lipinski definition) is 2. The molecule has 0 amide bonds. The predicted octanol–water partition coefficient (Wildman–Crippen LogP) is 3.21. The largest absolute Gasteiger partial charge is 0.504 e. The second kappa shape index (κ2) is 5.00. The quantitative estimate of drug-likeness (QED) is 0.778. The molecule has 0 saturated carbocycles. The number of methoxy groups -OCH3 is 2. The van der Waals surface area contributed by atoms with Gasteiger partial charge in [0.05, 0.1) is 25.0 Å². The molecule has 1 rings (SSSR count). The second-order valence-electron chi connectivity index (χ2n) is 2.52. The molecule has 0 atom stereocenters. The molecule has 0 N–H and O–H groups in total. The average Bonchev–Trinajstić information content (AvgIpc) is 2.20. The van der Waals surface area contributed by atoms with E-state index < -0.39 is 0 Å². The van der Waals surface area contributed by atoms with E-state index in [0.29, 0.717) is 15.8 Å². The summed E-state index contributed by atoms with van der Waals surface area (Å²) in [5.41, 5.74) is 0.620. The van der Waals surface area contributed by atoms with E-state index in [1.54, 1.807) is 12.1 Å². The fourth-order valence-electron chi connectivity index (χ4n) is 1.02. The lowest BCUT2D eigenvalue weighted by molar-refractivity contribution is 0.341. The SMILES string of the molecule is CO/C=C/c1c(OC)ccc(F)c1Br. The Hall–Kier alpha value is -1.03. The van der Waals surface area contributed by atoms with Gasteiger partial charge in [0.25, 0.3) is 0 Å². The summed E-state index contributed by atoms with van der Waals surface area (Å²) in [6, 6.07) is 2.91. The number of hydrogen-bond donors (Lipinski definition) is 0. The van der Waals surface area contributed by atoms with Crippen LogP contribution in [0.3, 0.4) is 0 Å². The first-order valence-electron chi connectivity index (χ1n) is 3.92. The Morgan fingerprint density at radius 3 is 2.64 bits per heavy atom. The lowest BCUT2D eigenvalue weighted by Crippen LogP contribution is -1.90. The van der Waals surface area contributed by atoms with E-state index in [-0.39, 0.29) is 5.82 Å². The first-order chi connectivity index (χ1) is 6.70. The molecule has 0 saturated heterocycles. The van der Waals surface area contributed by atoms with Gasteiger partial charge in [0.2, 0.25) is 0 Å². The van der Waals surface area contributed by atoms with Crippen LogP contribution in [0, 0.1) is 5.82 Å². The monoisotopic (exact) mass is 260 g/mol. The third-order valence-electron chi connectivity index (χ3n) is 1.68. The molecule has 76 valence electrons. The molecular weight excluding hydrogens is 251 g/mol. The molecule has 1 aromatic carbocycles. The van der Waals surface area contributed by atoms with Crippen molar-refractivity contribution in [3.05, 3.63) is 34.2 Å². The molecule has 0 aliphatic rings. The highest BCUT2D eigenvalue weighted by Crippen LogP contribution is 2.30. The first-order valence-corrected chi connectivity index (χ1v) is 4.71. The van der Waals surface area contributed by atoms with Crippen LogP contribution >= 0.6 is 15.9 Å². The van der Waals surface area contributed by atoms with Crippen molar-refractivity contribution in [2.24, 2.45) is 0 Å². The number of benzene rings is 1. The predicted molar refractivity (Wildman–Crippen MR) is 56.7 cm³/mol. The Balaban J connectivity index is 3.21. The molecule has 2 nitrogen and oxygen atoms in total. The Kier molecular flexibility index (Phi) is 3.95. The Bertz CT molecular complexity index is 350. The molecular formula is C10H10BrFO2. The minimum Gasteiger partial charge on any atom is -0.504 e. The first kappa shape index (κ1) is 11.0. The molecule has 0 aliphatic heterocycles. The standard InChI is InChI=1S/C10H10BrFO2/c1-13-6-5-7-9(14-2)4-3-8(12)10(7)11/h3-6H,1-2H3/b6-5+. The van der Waals surface area contributed by atoms with E-state index in [9.17, 15) is 4.39 Å². The van der Waals surface area contributed by atoms with Gasteiger partial charge in [0.15, 0.2) is 0 Å². The van der Waals surface area contributed by atoms with Gasteiger partial charge in [-0.05, 0) is 34.1 Å². The number of rotatable bonds is 3. The molecule has 4 heteroatoms. The van der Waals surface area contributed by atoms with Crippen LogP contribution in [0.15, 0.2) is 22.9 Å². The maximum absolute atomic E-state index is 13.1. The van der Waals surface area contributed by atoms with Crippen molar-refractivity contribution in [3.8, 4) is 5.75 Å². The summed E-state index contributed by atoms with van der Waals surface area (Å²) in [7, 11) is 3.06. The molecule has 0 unspecified atom stereocenters. The van der Waals surface area contributed by atoms with Gasteiger partial charge in [-0.25, -0.2) is 4.39 Å². The van der Waals surface area contributed by atoms with Crippen molar-refractivity contribution in [2.45, 2.75) is 0 Å². The highest BCUT2D eigenvalue weighted by atomic mass is 79.9. The van der Waals surface area contributed by atoms with Crippen LogP contribution in [0.5, 0.6) is 5.75 Å². The van der Waals surface area contributed by atoms with Crippen LogP contribution in [0.2, 0.25) is 0 Å². The van der Waals surface area contributed by atoms with Crippen LogP contribution in [0.4, 0.5) is 4.39 Å². The Morgan fingerprint density at radius 2 is 2.07 bits per heavy atom. The van der Waals surface area contributed by atoms with E-state index in [1.165, 1.54) is 26.5 Å². The topological polar surface area (TPSA) is 18.5 Å². The summed E-state index contributed by atoms with van der Waals surface area (Å²) in [6.07, 6.45) is 3.09. The summed E-state index contributed by atoms with van der Waals surface area (Å²) in [4.78, 5) is 0. The normalized spacial score (nSPS) is 10.6. The second-order valence-corrected chi connectivity index (χ2v) is 3.31. The van der Waals surface area contributed by atoms with Crippen LogP contribution in [-0.4, -0.2) is 14.2 Å². The van der Waals surface area contributed by atoms with Gasteiger partial charge in [-0.1, -0.05) is 0 Å². The van der Waals surface area contributed by atoms with Crippen LogP contribution < -0.4 is 4.74 Å². The molecule has 1 aromatic rings. The minimum absolute atomic E-state index is 0.332. The number of halogens is 2. The van der Waals surface area contributed by atoms with Crippen LogP contribution in [0.25, 0.3) is 6.08 Å². The van der Waals surface area contributed by atoms with Gasteiger partial charge in [-0.2, -0.15) is 0 Å². The summed E-state index contributed by atoms with van der Waals surface area (Å²) < 4.78 is 23.3. The van der Waals surface area contributed by atoms with Crippen molar-refractivity contribution in [1.29, 1.82) is 0 Å². The molecule has 0 aromatic heterocycles. The van der Waals surface area contributed by atoms with Crippen LogP contribution in [0.1, 0.15) is 5.56 Å². The lowest BCUT2D eigenvalue weighted by atomic mass is 10.2. The van der Waals surface area contributed by atoms with Crippen LogP contribution in [-0.2, 0) is 4.74 Å². The van der Waals surface area contributed by atoms with Gasteiger partial charge in [0, 0.05) is 5.56 Å². The fourth-order valence-corrected chi connectivity index (χ4v) is 1.48. The highest BCUT2D eigenvalue weighted by molar-refractivity contribution is 9.10. The van der Waals surface area contributed by atoms with E-state index in [4.69, 9.17) is 9.47 Å². The van der Waals surface area contributed by atoms with Crippen molar-refractivity contribution >= 4 is 22.0 Å². The molecule has 0 aliphatic carbocycles. The van der Waals surface area contributed by atoms with E-state index in [1.807, 2.05) is 0 Å². The smallest absolute Gasteiger partial charge is 0.138 e. The highest BCUT2D eigenvalue weighted by Gasteiger charge is 2.09. The minimum atomic E-state index is -0.332. The lowest BCUT2D eigenvalue weighted by Gasteiger charge is -2.07. The molecule has 0 bridgehead atoms. The molecule has 0 heterocycles. The molecule has 0 fully saturated rings. The molecule has 0 radical (unpaired) electrons. The van der Waals surface area contributed by atoms with Crippen molar-refractivity contribution in [2.75, 3.05) is 14.2 Å². The maximum Gasteiger partial charge on any atom is 0.138 e. The fraction of sp³-hybridized carbons (Fsp3) is 0.200. The van der Waals surface area contributed by atoms with Gasteiger partial charge in [-0.3, -0.25) is 0 Å². The van der Waals surface area contributed by atoms with Crippen molar-refractivity contribution in [1.82, 2.24) is 0 Å². The summed E-state index contributed by atoms with van der Waals surface area (Å²) in [5.74, 6) is 0.258. The third kappa shape index (κ3) is 2.26. The van der Waals surface area contributed by atoms with E-state index in [0.717, 1.165) is 0 Å². The van der Waals surface area contributed by atoms with Gasteiger partial charge in [0.1, 0.15) is 11.6 Å². The summed E-state index contributed by atoms with van der Waals surface area (Å²) >= 11 is 3.14. The van der Waals surface area contributed by atoms with Gasteiger partial charge < -0.3 is 9.47 Å². The average molecular weight is 261 g/mol. The van der Waals surface area contributed by atoms with Crippen molar-refractivity contribution < 1.29 is 13.9 Å². The van der Waals surface area contributed by atoms with Gasteiger partial charge >= 0.3 is 0 Å². The zero-order chi connectivity index (χ0) is 10.6. The number of ether oxygens (including phenoxy) is 2. The summed E-state index contributed by atoms with van der Waals surface area (Å²) in [6.45, 7) is 0. The maximum atomic E-state index is 13.1. The Morgan fingerprint density at radius 1 is 1.36 bits per heavy atom. The van der Waals surface area contributed by atoms with E-state index in [2.05, 4.69) is 15.9 Å². The summed E-state index contributed by atoms with van der Waals surface area (Å²) in [5, 5.41) is 0. The van der Waals surface area contributed by atoms with E-state index >= 15 is 0 Å². The zero-order valence-corrected chi connectivity index (χ0v) is 9.47. The molecule has 14 heavy (non-hydrogen) atoms.